The van der Waals surface area contributed by atoms with Crippen molar-refractivity contribution in [2.45, 2.75) is 50.7 Å². The number of ether oxygens (including phenoxy) is 3. The van der Waals surface area contributed by atoms with Crippen LogP contribution < -0.4 is 10.1 Å². The monoisotopic (exact) mass is 375 g/mol. The minimum absolute atomic E-state index is 0.0718. The van der Waals surface area contributed by atoms with Gasteiger partial charge in [0.1, 0.15) is 17.1 Å². The molecule has 2 fully saturated rings. The maximum atomic E-state index is 11.8. The molecule has 4 rings (SSSR count). The predicted octanol–water partition coefficient (Wildman–Crippen LogP) is 2.94. The fraction of sp³-hybridized carbons (Fsp3) is 0.667. The van der Waals surface area contributed by atoms with Crippen molar-refractivity contribution in [2.24, 2.45) is 11.3 Å². The predicted molar refractivity (Wildman–Crippen MR) is 99.7 cm³/mol. The number of rotatable bonds is 3. The molecule has 1 spiro atoms. The van der Waals surface area contributed by atoms with Crippen molar-refractivity contribution in [1.29, 1.82) is 0 Å². The largest absolute Gasteiger partial charge is 0.508 e. The van der Waals surface area contributed by atoms with Crippen LogP contribution in [0.1, 0.15) is 50.7 Å². The molecule has 3 heterocycles. The lowest BCUT2D eigenvalue weighted by Gasteiger charge is -2.54. The summed E-state index contributed by atoms with van der Waals surface area (Å²) in [6.07, 6.45) is 4.03. The molecule has 0 aromatic heterocycles. The van der Waals surface area contributed by atoms with Gasteiger partial charge in [-0.3, -0.25) is 4.79 Å². The van der Waals surface area contributed by atoms with Gasteiger partial charge in [0.05, 0.1) is 19.8 Å². The van der Waals surface area contributed by atoms with Gasteiger partial charge in [-0.05, 0) is 63.2 Å². The first kappa shape index (κ1) is 18.6. The SMILES string of the molecule is COC(=O)CC[C@@]1(C)Oc2cc(O)ccc2[C@H]2OCC3(CCNCC3)C[C@@H]21. The van der Waals surface area contributed by atoms with Crippen LogP contribution in [0.2, 0.25) is 0 Å². The Morgan fingerprint density at radius 3 is 2.89 bits per heavy atom. The van der Waals surface area contributed by atoms with E-state index in [1.54, 1.807) is 12.1 Å². The van der Waals surface area contributed by atoms with Crippen molar-refractivity contribution in [1.82, 2.24) is 5.32 Å². The number of carbonyl (C=O) groups excluding carboxylic acids is 1. The number of fused-ring (bicyclic) bond motifs is 3. The Hall–Kier alpha value is -1.79. The van der Waals surface area contributed by atoms with E-state index in [1.807, 2.05) is 6.07 Å². The molecule has 148 valence electrons. The van der Waals surface area contributed by atoms with Gasteiger partial charge in [0.25, 0.3) is 0 Å². The van der Waals surface area contributed by atoms with Crippen LogP contribution in [-0.4, -0.2) is 43.5 Å². The highest BCUT2D eigenvalue weighted by atomic mass is 16.5. The Morgan fingerprint density at radius 1 is 1.37 bits per heavy atom. The van der Waals surface area contributed by atoms with Crippen LogP contribution in [0, 0.1) is 11.3 Å². The molecule has 2 N–H and O–H groups in total. The molecule has 6 heteroatoms. The lowest BCUT2D eigenvalue weighted by molar-refractivity contribution is -0.178. The van der Waals surface area contributed by atoms with Gasteiger partial charge in [-0.1, -0.05) is 0 Å². The third-order valence-corrected chi connectivity index (χ3v) is 6.74. The van der Waals surface area contributed by atoms with E-state index in [0.717, 1.165) is 44.5 Å². The molecule has 1 aromatic rings. The maximum Gasteiger partial charge on any atom is 0.305 e. The van der Waals surface area contributed by atoms with E-state index in [9.17, 15) is 9.90 Å². The summed E-state index contributed by atoms with van der Waals surface area (Å²) >= 11 is 0. The van der Waals surface area contributed by atoms with Gasteiger partial charge in [0.2, 0.25) is 0 Å². The second-order valence-corrected chi connectivity index (χ2v) is 8.51. The zero-order valence-corrected chi connectivity index (χ0v) is 16.1. The zero-order chi connectivity index (χ0) is 19.1. The van der Waals surface area contributed by atoms with Crippen molar-refractivity contribution in [2.75, 3.05) is 26.8 Å². The molecule has 3 aliphatic rings. The second kappa shape index (κ2) is 6.99. The Morgan fingerprint density at radius 2 is 2.15 bits per heavy atom. The van der Waals surface area contributed by atoms with Gasteiger partial charge in [-0.2, -0.15) is 0 Å². The van der Waals surface area contributed by atoms with Gasteiger partial charge < -0.3 is 24.6 Å². The number of methoxy groups -OCH3 is 1. The topological polar surface area (TPSA) is 77.0 Å². The molecule has 3 atom stereocenters. The van der Waals surface area contributed by atoms with E-state index in [0.29, 0.717) is 18.6 Å². The minimum atomic E-state index is -0.544. The van der Waals surface area contributed by atoms with Crippen molar-refractivity contribution >= 4 is 5.97 Å². The van der Waals surface area contributed by atoms with E-state index < -0.39 is 5.60 Å². The summed E-state index contributed by atoms with van der Waals surface area (Å²) < 4.78 is 17.7. The number of aromatic hydroxyl groups is 1. The third kappa shape index (κ3) is 3.41. The molecule has 3 aliphatic heterocycles. The smallest absolute Gasteiger partial charge is 0.305 e. The molecule has 2 saturated heterocycles. The first-order valence-electron chi connectivity index (χ1n) is 9.86. The minimum Gasteiger partial charge on any atom is -0.508 e. The molecule has 0 saturated carbocycles. The third-order valence-electron chi connectivity index (χ3n) is 6.74. The Kier molecular flexibility index (Phi) is 4.80. The van der Waals surface area contributed by atoms with Crippen LogP contribution in [0.25, 0.3) is 0 Å². The average Bonchev–Trinajstić information content (AvgIpc) is 2.67. The van der Waals surface area contributed by atoms with Crippen molar-refractivity contribution in [3.05, 3.63) is 23.8 Å². The highest BCUT2D eigenvalue weighted by Gasteiger charge is 2.54. The van der Waals surface area contributed by atoms with Gasteiger partial charge in [-0.15, -0.1) is 0 Å². The summed E-state index contributed by atoms with van der Waals surface area (Å²) in [4.78, 5) is 11.8. The first-order chi connectivity index (χ1) is 12.9. The van der Waals surface area contributed by atoms with E-state index in [1.165, 1.54) is 7.11 Å². The van der Waals surface area contributed by atoms with Crippen molar-refractivity contribution in [3.8, 4) is 11.5 Å². The molecule has 1 aromatic carbocycles. The quantitative estimate of drug-likeness (QED) is 0.791. The molecule has 0 amide bonds. The Bertz CT molecular complexity index is 715. The molecular weight excluding hydrogens is 346 g/mol. The summed E-state index contributed by atoms with van der Waals surface area (Å²) in [7, 11) is 1.41. The number of benzene rings is 1. The summed E-state index contributed by atoms with van der Waals surface area (Å²) in [5.74, 6) is 0.760. The molecular formula is C21H29NO5. The van der Waals surface area contributed by atoms with Gasteiger partial charge >= 0.3 is 5.97 Å². The van der Waals surface area contributed by atoms with E-state index >= 15 is 0 Å². The molecule has 0 unspecified atom stereocenters. The zero-order valence-electron chi connectivity index (χ0n) is 16.1. The number of esters is 1. The molecule has 0 bridgehead atoms. The fourth-order valence-electron chi connectivity index (χ4n) is 5.03. The number of phenolic OH excluding ortho intramolecular Hbond substituents is 1. The number of nitrogens with one attached hydrogen (secondary N) is 1. The van der Waals surface area contributed by atoms with Crippen LogP contribution >= 0.6 is 0 Å². The van der Waals surface area contributed by atoms with Crippen LogP contribution in [0.5, 0.6) is 11.5 Å². The number of phenols is 1. The first-order valence-corrected chi connectivity index (χ1v) is 9.86. The van der Waals surface area contributed by atoms with Gasteiger partial charge in [-0.25, -0.2) is 0 Å². The average molecular weight is 375 g/mol. The highest BCUT2D eigenvalue weighted by Crippen LogP contribution is 2.56. The van der Waals surface area contributed by atoms with Crippen molar-refractivity contribution < 1.29 is 24.1 Å². The van der Waals surface area contributed by atoms with Gasteiger partial charge in [0, 0.05) is 24.0 Å². The van der Waals surface area contributed by atoms with E-state index in [-0.39, 0.29) is 29.2 Å². The number of piperidine rings is 1. The lowest BCUT2D eigenvalue weighted by atomic mass is 9.63. The number of hydrogen-bond acceptors (Lipinski definition) is 6. The lowest BCUT2D eigenvalue weighted by Crippen LogP contribution is -2.55. The normalized spacial score (nSPS) is 31.5. The summed E-state index contributed by atoms with van der Waals surface area (Å²) in [6, 6.07) is 5.25. The highest BCUT2D eigenvalue weighted by molar-refractivity contribution is 5.69. The van der Waals surface area contributed by atoms with Crippen LogP contribution in [-0.2, 0) is 14.3 Å². The second-order valence-electron chi connectivity index (χ2n) is 8.51. The number of hydrogen-bond donors (Lipinski definition) is 2. The Balaban J connectivity index is 1.67. The summed E-state index contributed by atoms with van der Waals surface area (Å²) in [5, 5.41) is 13.4. The Labute approximate surface area is 160 Å². The van der Waals surface area contributed by atoms with Gasteiger partial charge in [0.15, 0.2) is 0 Å². The van der Waals surface area contributed by atoms with E-state index in [4.69, 9.17) is 14.2 Å². The van der Waals surface area contributed by atoms with E-state index in [2.05, 4.69) is 12.2 Å². The number of carbonyl (C=O) groups is 1. The van der Waals surface area contributed by atoms with Crippen LogP contribution in [0.15, 0.2) is 18.2 Å². The fourth-order valence-corrected chi connectivity index (χ4v) is 5.03. The van der Waals surface area contributed by atoms with Crippen molar-refractivity contribution in [3.63, 3.8) is 0 Å². The summed E-state index contributed by atoms with van der Waals surface area (Å²) in [6.45, 7) is 4.86. The molecule has 0 aliphatic carbocycles. The molecule has 6 nitrogen and oxygen atoms in total. The molecule has 27 heavy (non-hydrogen) atoms. The van der Waals surface area contributed by atoms with Crippen LogP contribution in [0.3, 0.4) is 0 Å². The standard InChI is InChI=1S/C21H29NO5/c1-20(6-5-18(24)25-2)16-12-21(7-9-22-10-8-21)13-26-19(16)15-4-3-14(23)11-17(15)27-20/h3-4,11,16,19,22-23H,5-10,12-13H2,1-2H3/t16-,19+,20+/m0/s1. The van der Waals surface area contributed by atoms with Crippen LogP contribution in [0.4, 0.5) is 0 Å². The summed E-state index contributed by atoms with van der Waals surface area (Å²) in [5.41, 5.74) is 0.631. The maximum absolute atomic E-state index is 11.8. The molecule has 0 radical (unpaired) electrons.